The minimum absolute atomic E-state index is 0.445. The van der Waals surface area contributed by atoms with Gasteiger partial charge in [0.1, 0.15) is 12.2 Å². The lowest BCUT2D eigenvalue weighted by atomic mass is 10.0. The molecule has 0 aliphatic carbocycles. The third kappa shape index (κ3) is 2.48. The van der Waals surface area contributed by atoms with Crippen LogP contribution in [0, 0.1) is 0 Å². The first kappa shape index (κ1) is 12.5. The fourth-order valence-corrected chi connectivity index (χ4v) is 2.14. The van der Waals surface area contributed by atoms with Crippen molar-refractivity contribution in [3.8, 4) is 5.06 Å². The predicted molar refractivity (Wildman–Crippen MR) is 57.7 cm³/mol. The molecule has 3 N–H and O–H groups in total. The zero-order chi connectivity index (χ0) is 12.4. The molecule has 0 spiro atoms. The molecule has 0 saturated carbocycles. The molecule has 1 aromatic rings. The normalized spacial score (nSPS) is 33.7. The summed E-state index contributed by atoms with van der Waals surface area (Å²) in [6.45, 7) is -0.546. The van der Waals surface area contributed by atoms with Gasteiger partial charge in [-0.1, -0.05) is 0 Å². The number of Topliss-reactive ketones (excluding diaryl/α,β-unsaturated/α-hetero) is 1. The van der Waals surface area contributed by atoms with Gasteiger partial charge in [-0.25, -0.2) is 0 Å². The van der Waals surface area contributed by atoms with Crippen molar-refractivity contribution in [2.75, 3.05) is 6.61 Å². The molecule has 1 aliphatic rings. The van der Waals surface area contributed by atoms with E-state index >= 15 is 0 Å². The standard InChI is InChI=1S/C10H12O6S/c11-4-5-7(12)8(13)9(10(14)15-5)16-6-2-1-3-17-6/h1-3,5,7,9-12,14H,4H2/t5-,7-,9-,10-/m1/s1. The lowest BCUT2D eigenvalue weighted by Gasteiger charge is -2.34. The highest BCUT2D eigenvalue weighted by molar-refractivity contribution is 7.11. The summed E-state index contributed by atoms with van der Waals surface area (Å²) in [5, 5.41) is 30.2. The molecule has 17 heavy (non-hydrogen) atoms. The second kappa shape index (κ2) is 5.11. The Morgan fingerprint density at radius 1 is 1.47 bits per heavy atom. The van der Waals surface area contributed by atoms with Gasteiger partial charge in [0.2, 0.25) is 11.9 Å². The summed E-state index contributed by atoms with van der Waals surface area (Å²) in [7, 11) is 0. The average Bonchev–Trinajstić information content (AvgIpc) is 2.82. The number of aliphatic hydroxyl groups excluding tert-OH is 3. The fraction of sp³-hybridized carbons (Fsp3) is 0.500. The van der Waals surface area contributed by atoms with Crippen LogP contribution in [0.1, 0.15) is 0 Å². The third-order valence-electron chi connectivity index (χ3n) is 2.42. The molecule has 94 valence electrons. The maximum atomic E-state index is 11.7. The van der Waals surface area contributed by atoms with Crippen molar-refractivity contribution in [1.29, 1.82) is 0 Å². The number of hydrogen-bond donors (Lipinski definition) is 3. The summed E-state index contributed by atoms with van der Waals surface area (Å²) in [5.74, 6) is -0.698. The van der Waals surface area contributed by atoms with Gasteiger partial charge >= 0.3 is 0 Å². The molecule has 2 heterocycles. The number of aliphatic hydroxyl groups is 3. The molecular formula is C10H12O6S. The quantitative estimate of drug-likeness (QED) is 0.654. The summed E-state index contributed by atoms with van der Waals surface area (Å²) in [6.07, 6.45) is -5.37. The number of rotatable bonds is 3. The first-order valence-electron chi connectivity index (χ1n) is 5.00. The van der Waals surface area contributed by atoms with Gasteiger partial charge in [-0.3, -0.25) is 4.79 Å². The van der Waals surface area contributed by atoms with Crippen molar-refractivity contribution < 1.29 is 29.6 Å². The molecule has 0 aromatic carbocycles. The van der Waals surface area contributed by atoms with Crippen LogP contribution in [-0.2, 0) is 9.53 Å². The predicted octanol–water partition coefficient (Wildman–Crippen LogP) is -0.865. The molecular weight excluding hydrogens is 248 g/mol. The fourth-order valence-electron chi connectivity index (χ4n) is 1.53. The van der Waals surface area contributed by atoms with E-state index in [9.17, 15) is 15.0 Å². The van der Waals surface area contributed by atoms with Crippen LogP contribution >= 0.6 is 11.3 Å². The summed E-state index contributed by atoms with van der Waals surface area (Å²) in [5.41, 5.74) is 0. The largest absolute Gasteiger partial charge is 0.468 e. The summed E-state index contributed by atoms with van der Waals surface area (Å²) >= 11 is 1.26. The average molecular weight is 260 g/mol. The maximum absolute atomic E-state index is 11.7. The summed E-state index contributed by atoms with van der Waals surface area (Å²) in [4.78, 5) is 11.7. The van der Waals surface area contributed by atoms with Gasteiger partial charge in [0.15, 0.2) is 11.4 Å². The highest BCUT2D eigenvalue weighted by atomic mass is 32.1. The summed E-state index contributed by atoms with van der Waals surface area (Å²) in [6, 6.07) is 3.36. The van der Waals surface area contributed by atoms with Gasteiger partial charge in [-0.15, -0.1) is 11.3 Å². The molecule has 0 amide bonds. The van der Waals surface area contributed by atoms with Crippen LogP contribution in [0.25, 0.3) is 0 Å². The maximum Gasteiger partial charge on any atom is 0.211 e. The molecule has 1 fully saturated rings. The lowest BCUT2D eigenvalue weighted by Crippen LogP contribution is -2.57. The number of thiophene rings is 1. The van der Waals surface area contributed by atoms with Crippen LogP contribution in [0.15, 0.2) is 17.5 Å². The lowest BCUT2D eigenvalue weighted by molar-refractivity contribution is -0.233. The molecule has 6 nitrogen and oxygen atoms in total. The number of hydrogen-bond acceptors (Lipinski definition) is 7. The van der Waals surface area contributed by atoms with E-state index in [1.54, 1.807) is 17.5 Å². The summed E-state index contributed by atoms with van der Waals surface area (Å²) < 4.78 is 10.1. The van der Waals surface area contributed by atoms with Gasteiger partial charge in [0, 0.05) is 0 Å². The van der Waals surface area contributed by atoms with Crippen LogP contribution in [-0.4, -0.2) is 52.3 Å². The van der Waals surface area contributed by atoms with Gasteiger partial charge in [0.05, 0.1) is 6.61 Å². The molecule has 7 heteroatoms. The van der Waals surface area contributed by atoms with Crippen molar-refractivity contribution >= 4 is 17.1 Å². The van der Waals surface area contributed by atoms with E-state index < -0.39 is 37.0 Å². The first-order chi connectivity index (χ1) is 8.13. The molecule has 0 bridgehead atoms. The zero-order valence-electron chi connectivity index (χ0n) is 8.72. The van der Waals surface area contributed by atoms with Gasteiger partial charge in [-0.2, -0.15) is 0 Å². The van der Waals surface area contributed by atoms with E-state index in [1.807, 2.05) is 0 Å². The zero-order valence-corrected chi connectivity index (χ0v) is 9.54. The number of ketones is 1. The SMILES string of the molecule is O=C1[C@@H](Oc2cccs2)[C@H](O)O[C@H](CO)[C@H]1O. The molecule has 1 aromatic heterocycles. The Balaban J connectivity index is 2.09. The smallest absolute Gasteiger partial charge is 0.211 e. The van der Waals surface area contributed by atoms with E-state index in [4.69, 9.17) is 14.6 Å². The Labute approximate surface area is 101 Å². The van der Waals surface area contributed by atoms with E-state index in [0.717, 1.165) is 0 Å². The molecule has 1 saturated heterocycles. The van der Waals surface area contributed by atoms with Gasteiger partial charge < -0.3 is 24.8 Å². The highest BCUT2D eigenvalue weighted by Gasteiger charge is 2.45. The van der Waals surface area contributed by atoms with Crippen LogP contribution in [0.3, 0.4) is 0 Å². The topological polar surface area (TPSA) is 96.2 Å². The molecule has 1 aliphatic heterocycles. The van der Waals surface area contributed by atoms with Crippen LogP contribution in [0.2, 0.25) is 0 Å². The Kier molecular flexibility index (Phi) is 3.75. The molecule has 2 rings (SSSR count). The first-order valence-corrected chi connectivity index (χ1v) is 5.88. The van der Waals surface area contributed by atoms with E-state index in [-0.39, 0.29) is 0 Å². The Hall–Kier alpha value is -0.990. The monoisotopic (exact) mass is 260 g/mol. The molecule has 0 unspecified atom stereocenters. The van der Waals surface area contributed by atoms with Crippen molar-refractivity contribution in [1.82, 2.24) is 0 Å². The Morgan fingerprint density at radius 3 is 2.82 bits per heavy atom. The number of carbonyl (C=O) groups excluding carboxylic acids is 1. The van der Waals surface area contributed by atoms with Gasteiger partial charge in [0.25, 0.3) is 0 Å². The molecule has 4 atom stereocenters. The van der Waals surface area contributed by atoms with Crippen molar-refractivity contribution in [2.45, 2.75) is 24.6 Å². The number of carbonyl (C=O) groups is 1. The van der Waals surface area contributed by atoms with Crippen LogP contribution < -0.4 is 4.74 Å². The van der Waals surface area contributed by atoms with E-state index in [0.29, 0.717) is 5.06 Å². The van der Waals surface area contributed by atoms with E-state index in [2.05, 4.69) is 0 Å². The Morgan fingerprint density at radius 2 is 2.24 bits per heavy atom. The number of ether oxygens (including phenoxy) is 2. The minimum atomic E-state index is -1.50. The van der Waals surface area contributed by atoms with Crippen molar-refractivity contribution in [2.24, 2.45) is 0 Å². The second-order valence-corrected chi connectivity index (χ2v) is 4.48. The minimum Gasteiger partial charge on any atom is -0.468 e. The van der Waals surface area contributed by atoms with E-state index in [1.165, 1.54) is 11.3 Å². The van der Waals surface area contributed by atoms with Crippen molar-refractivity contribution in [3.05, 3.63) is 17.5 Å². The van der Waals surface area contributed by atoms with Crippen LogP contribution in [0.5, 0.6) is 5.06 Å². The van der Waals surface area contributed by atoms with Gasteiger partial charge in [-0.05, 0) is 17.5 Å². The van der Waals surface area contributed by atoms with Crippen molar-refractivity contribution in [3.63, 3.8) is 0 Å². The third-order valence-corrected chi connectivity index (χ3v) is 3.17. The molecule has 0 radical (unpaired) electrons. The Bertz CT molecular complexity index is 378. The second-order valence-electron chi connectivity index (χ2n) is 3.57. The van der Waals surface area contributed by atoms with Crippen LogP contribution in [0.4, 0.5) is 0 Å². The highest BCUT2D eigenvalue weighted by Crippen LogP contribution is 2.25.